The fourth-order valence-corrected chi connectivity index (χ4v) is 2.59. The number of rotatable bonds is 1. The van der Waals surface area contributed by atoms with Crippen LogP contribution in [0.4, 0.5) is 0 Å². The highest BCUT2D eigenvalue weighted by molar-refractivity contribution is 6.29. The number of aromatic nitrogens is 4. The summed E-state index contributed by atoms with van der Waals surface area (Å²) >= 11 is 5.81. The van der Waals surface area contributed by atoms with Crippen molar-refractivity contribution in [3.05, 3.63) is 17.5 Å². The van der Waals surface area contributed by atoms with E-state index in [2.05, 4.69) is 31.7 Å². The Labute approximate surface area is 104 Å². The predicted molar refractivity (Wildman–Crippen MR) is 66.1 cm³/mol. The second-order valence-corrected chi connectivity index (χ2v) is 4.97. The molecule has 5 nitrogen and oxygen atoms in total. The summed E-state index contributed by atoms with van der Waals surface area (Å²) < 4.78 is 2.12. The van der Waals surface area contributed by atoms with Crippen LogP contribution in [0.1, 0.15) is 18.9 Å². The molecule has 3 rings (SSSR count). The molecule has 0 radical (unpaired) electrons. The number of halogens is 1. The van der Waals surface area contributed by atoms with Crippen LogP contribution in [0, 0.1) is 0 Å². The number of piperidine rings is 1. The summed E-state index contributed by atoms with van der Waals surface area (Å²) in [5.74, 6) is 0. The maximum absolute atomic E-state index is 5.81. The minimum Gasteiger partial charge on any atom is -0.309 e. The Morgan fingerprint density at radius 2 is 2.29 bits per heavy atom. The van der Waals surface area contributed by atoms with E-state index in [1.54, 1.807) is 6.07 Å². The highest BCUT2D eigenvalue weighted by Crippen LogP contribution is 2.24. The van der Waals surface area contributed by atoms with Gasteiger partial charge in [-0.2, -0.15) is 0 Å². The number of likely N-dealkylation sites (N-methyl/N-ethyl adjacent to an activating group) is 1. The summed E-state index contributed by atoms with van der Waals surface area (Å²) in [6.45, 7) is 2.20. The Kier molecular flexibility index (Phi) is 2.72. The van der Waals surface area contributed by atoms with Crippen LogP contribution in [0.2, 0.25) is 5.15 Å². The summed E-state index contributed by atoms with van der Waals surface area (Å²) in [5, 5.41) is 8.43. The van der Waals surface area contributed by atoms with E-state index in [0.29, 0.717) is 11.2 Å². The molecule has 1 unspecified atom stereocenters. The van der Waals surface area contributed by atoms with Gasteiger partial charge in [-0.3, -0.25) is 0 Å². The van der Waals surface area contributed by atoms with Gasteiger partial charge in [0.05, 0.1) is 6.33 Å². The van der Waals surface area contributed by atoms with Crippen molar-refractivity contribution in [1.29, 1.82) is 0 Å². The zero-order chi connectivity index (χ0) is 11.8. The number of fused-ring (bicyclic) bond motifs is 1. The zero-order valence-electron chi connectivity index (χ0n) is 9.67. The Hall–Kier alpha value is -1.20. The summed E-state index contributed by atoms with van der Waals surface area (Å²) in [6.07, 6.45) is 4.22. The average Bonchev–Trinajstić information content (AvgIpc) is 2.71. The molecule has 1 aliphatic rings. The highest BCUT2D eigenvalue weighted by atomic mass is 35.5. The number of nitrogens with zero attached hydrogens (tertiary/aromatic N) is 5. The van der Waals surface area contributed by atoms with Gasteiger partial charge in [-0.05, 0) is 26.4 Å². The molecule has 6 heteroatoms. The first kappa shape index (κ1) is 10.9. The van der Waals surface area contributed by atoms with Crippen molar-refractivity contribution in [2.24, 2.45) is 0 Å². The van der Waals surface area contributed by atoms with Crippen molar-refractivity contribution in [1.82, 2.24) is 24.6 Å². The number of imidazole rings is 1. The van der Waals surface area contributed by atoms with Crippen LogP contribution in [-0.2, 0) is 0 Å². The van der Waals surface area contributed by atoms with Gasteiger partial charge in [0.2, 0.25) is 0 Å². The third kappa shape index (κ3) is 2.00. The second kappa shape index (κ2) is 4.23. The highest BCUT2D eigenvalue weighted by Gasteiger charge is 2.21. The van der Waals surface area contributed by atoms with Gasteiger partial charge in [-0.1, -0.05) is 11.6 Å². The maximum atomic E-state index is 5.81. The molecule has 1 saturated heterocycles. The van der Waals surface area contributed by atoms with E-state index in [9.17, 15) is 0 Å². The Balaban J connectivity index is 1.99. The van der Waals surface area contributed by atoms with Gasteiger partial charge in [0, 0.05) is 18.7 Å². The monoisotopic (exact) mass is 251 g/mol. The van der Waals surface area contributed by atoms with Gasteiger partial charge in [0.15, 0.2) is 10.8 Å². The van der Waals surface area contributed by atoms with Gasteiger partial charge < -0.3 is 9.47 Å². The molecule has 0 saturated carbocycles. The maximum Gasteiger partial charge on any atom is 0.182 e. The number of hydrogen-bond acceptors (Lipinski definition) is 4. The van der Waals surface area contributed by atoms with Crippen molar-refractivity contribution in [2.75, 3.05) is 20.1 Å². The summed E-state index contributed by atoms with van der Waals surface area (Å²) in [6, 6.07) is 2.20. The van der Waals surface area contributed by atoms with E-state index in [4.69, 9.17) is 11.6 Å². The fourth-order valence-electron chi connectivity index (χ4n) is 2.44. The Morgan fingerprint density at radius 1 is 1.41 bits per heavy atom. The summed E-state index contributed by atoms with van der Waals surface area (Å²) in [5.41, 5.74) is 1.65. The largest absolute Gasteiger partial charge is 0.309 e. The minimum atomic E-state index is 0.392. The van der Waals surface area contributed by atoms with Gasteiger partial charge in [-0.15, -0.1) is 10.2 Å². The van der Waals surface area contributed by atoms with E-state index < -0.39 is 0 Å². The molecule has 17 heavy (non-hydrogen) atoms. The van der Waals surface area contributed by atoms with Crippen LogP contribution in [0.15, 0.2) is 12.4 Å². The normalized spacial score (nSPS) is 22.1. The van der Waals surface area contributed by atoms with E-state index in [1.165, 1.54) is 19.4 Å². The average molecular weight is 252 g/mol. The third-order valence-corrected chi connectivity index (χ3v) is 3.47. The molecule has 1 atom stereocenters. The molecule has 0 aliphatic carbocycles. The van der Waals surface area contributed by atoms with Gasteiger partial charge >= 0.3 is 0 Å². The molecule has 0 bridgehead atoms. The molecule has 3 heterocycles. The standard InChI is InChI=1S/C11H14ClN5/c1-16-4-2-3-8(6-16)17-7-13-9-5-10(12)14-15-11(9)17/h5,7-8H,2-4,6H2,1H3. The van der Waals surface area contributed by atoms with E-state index >= 15 is 0 Å². The van der Waals surface area contributed by atoms with Gasteiger partial charge in [0.1, 0.15) is 5.52 Å². The summed E-state index contributed by atoms with van der Waals surface area (Å²) in [7, 11) is 2.15. The Bertz CT molecular complexity index is 538. The lowest BCUT2D eigenvalue weighted by Gasteiger charge is -2.30. The lowest BCUT2D eigenvalue weighted by Crippen LogP contribution is -2.33. The van der Waals surface area contributed by atoms with Crippen LogP contribution >= 0.6 is 11.6 Å². The SMILES string of the molecule is CN1CCCC(n2cnc3cc(Cl)nnc32)C1. The molecule has 0 N–H and O–H groups in total. The van der Waals surface area contributed by atoms with Crippen LogP contribution < -0.4 is 0 Å². The second-order valence-electron chi connectivity index (χ2n) is 4.59. The van der Waals surface area contributed by atoms with Crippen LogP contribution in [0.25, 0.3) is 11.2 Å². The lowest BCUT2D eigenvalue weighted by atomic mass is 10.1. The molecular weight excluding hydrogens is 238 g/mol. The molecule has 0 spiro atoms. The topological polar surface area (TPSA) is 46.8 Å². The van der Waals surface area contributed by atoms with Crippen LogP contribution in [0.5, 0.6) is 0 Å². The Morgan fingerprint density at radius 3 is 3.12 bits per heavy atom. The predicted octanol–water partition coefficient (Wildman–Crippen LogP) is 1.75. The molecule has 2 aromatic heterocycles. The van der Waals surface area contributed by atoms with Crippen molar-refractivity contribution < 1.29 is 0 Å². The molecule has 0 aromatic carbocycles. The fraction of sp³-hybridized carbons (Fsp3) is 0.545. The van der Waals surface area contributed by atoms with Crippen molar-refractivity contribution >= 4 is 22.8 Å². The van der Waals surface area contributed by atoms with Gasteiger partial charge in [0.25, 0.3) is 0 Å². The lowest BCUT2D eigenvalue weighted by molar-refractivity contribution is 0.214. The van der Waals surface area contributed by atoms with Crippen LogP contribution in [-0.4, -0.2) is 44.8 Å². The van der Waals surface area contributed by atoms with Gasteiger partial charge in [-0.25, -0.2) is 4.98 Å². The third-order valence-electron chi connectivity index (χ3n) is 3.28. The first-order chi connectivity index (χ1) is 8.24. The molecule has 1 aliphatic heterocycles. The van der Waals surface area contributed by atoms with Crippen LogP contribution in [0.3, 0.4) is 0 Å². The van der Waals surface area contributed by atoms with E-state index in [1.807, 2.05) is 6.33 Å². The minimum absolute atomic E-state index is 0.392. The molecule has 90 valence electrons. The molecule has 0 amide bonds. The quantitative estimate of drug-likeness (QED) is 0.775. The van der Waals surface area contributed by atoms with Crippen molar-refractivity contribution in [3.63, 3.8) is 0 Å². The molecular formula is C11H14ClN5. The van der Waals surface area contributed by atoms with Crippen molar-refractivity contribution in [3.8, 4) is 0 Å². The van der Waals surface area contributed by atoms with E-state index in [0.717, 1.165) is 17.7 Å². The van der Waals surface area contributed by atoms with Crippen molar-refractivity contribution in [2.45, 2.75) is 18.9 Å². The number of hydrogen-bond donors (Lipinski definition) is 0. The first-order valence-corrected chi connectivity index (χ1v) is 6.16. The molecule has 1 fully saturated rings. The summed E-state index contributed by atoms with van der Waals surface area (Å²) in [4.78, 5) is 6.67. The number of likely N-dealkylation sites (tertiary alicyclic amines) is 1. The zero-order valence-corrected chi connectivity index (χ0v) is 10.4. The van der Waals surface area contributed by atoms with E-state index in [-0.39, 0.29) is 0 Å². The smallest absolute Gasteiger partial charge is 0.182 e. The molecule has 2 aromatic rings. The first-order valence-electron chi connectivity index (χ1n) is 5.78.